The van der Waals surface area contributed by atoms with Gasteiger partial charge in [0.2, 0.25) is 5.76 Å². The molecule has 5 nitrogen and oxygen atoms in total. The molecule has 0 aliphatic carbocycles. The average Bonchev–Trinajstić information content (AvgIpc) is 2.78. The van der Waals surface area contributed by atoms with Crippen LogP contribution in [0.15, 0.2) is 16.5 Å². The average molecular weight is 252 g/mol. The molecule has 0 saturated carbocycles. The zero-order valence-corrected chi connectivity index (χ0v) is 10.7. The van der Waals surface area contributed by atoms with Crippen molar-refractivity contribution in [2.75, 3.05) is 25.0 Å². The number of hydrogen-bond acceptors (Lipinski definition) is 4. The predicted octanol–water partition coefficient (Wildman–Crippen LogP) is 2.26. The summed E-state index contributed by atoms with van der Waals surface area (Å²) >= 11 is 0. The lowest BCUT2D eigenvalue weighted by Gasteiger charge is -2.29. The molecule has 2 heterocycles. The van der Waals surface area contributed by atoms with Crippen LogP contribution in [0.5, 0.6) is 0 Å². The Labute approximate surface area is 107 Å². The van der Waals surface area contributed by atoms with Crippen LogP contribution in [-0.2, 0) is 0 Å². The Bertz CT molecular complexity index is 397. The first-order chi connectivity index (χ1) is 8.65. The van der Waals surface area contributed by atoms with Gasteiger partial charge in [-0.15, -0.1) is 0 Å². The zero-order valence-electron chi connectivity index (χ0n) is 10.7. The van der Waals surface area contributed by atoms with E-state index in [9.17, 15) is 4.79 Å². The first-order valence-corrected chi connectivity index (χ1v) is 6.47. The number of nitrogens with one attached hydrogen (secondary N) is 1. The summed E-state index contributed by atoms with van der Waals surface area (Å²) in [4.78, 5) is 13.1. The molecule has 0 radical (unpaired) electrons. The van der Waals surface area contributed by atoms with Gasteiger partial charge in [0.05, 0.1) is 0 Å². The van der Waals surface area contributed by atoms with Gasteiger partial charge in [0.1, 0.15) is 0 Å². The van der Waals surface area contributed by atoms with Gasteiger partial charge in [-0.2, -0.15) is 0 Å². The molecule has 1 fully saturated rings. The number of furan rings is 1. The van der Waals surface area contributed by atoms with Gasteiger partial charge in [-0.05, 0) is 38.9 Å². The van der Waals surface area contributed by atoms with E-state index >= 15 is 0 Å². The molecular formula is C13H20N2O3. The quantitative estimate of drug-likeness (QED) is 0.841. The normalized spacial score (nSPS) is 18.5. The van der Waals surface area contributed by atoms with Crippen molar-refractivity contribution >= 4 is 11.9 Å². The highest BCUT2D eigenvalue weighted by Crippen LogP contribution is 2.15. The summed E-state index contributed by atoms with van der Waals surface area (Å²) in [6.45, 7) is 5.36. The monoisotopic (exact) mass is 252 g/mol. The molecule has 1 aliphatic rings. The molecule has 100 valence electrons. The molecule has 2 N–H and O–H groups in total. The number of carboxylic acid groups (broad SMARTS) is 1. The fourth-order valence-electron chi connectivity index (χ4n) is 2.35. The second-order valence-corrected chi connectivity index (χ2v) is 4.88. The Balaban J connectivity index is 1.82. The first kappa shape index (κ1) is 13.0. The van der Waals surface area contributed by atoms with E-state index in [-0.39, 0.29) is 11.8 Å². The van der Waals surface area contributed by atoms with Gasteiger partial charge in [0.15, 0.2) is 5.88 Å². The highest BCUT2D eigenvalue weighted by molar-refractivity contribution is 5.84. The number of aromatic carboxylic acids is 1. The van der Waals surface area contributed by atoms with Crippen molar-refractivity contribution in [3.63, 3.8) is 0 Å². The number of hydrogen-bond donors (Lipinski definition) is 2. The zero-order chi connectivity index (χ0) is 13.0. The highest BCUT2D eigenvalue weighted by atomic mass is 16.4. The maximum absolute atomic E-state index is 10.7. The van der Waals surface area contributed by atoms with E-state index in [2.05, 4.69) is 17.1 Å². The van der Waals surface area contributed by atoms with Gasteiger partial charge in [0.25, 0.3) is 0 Å². The van der Waals surface area contributed by atoms with E-state index in [1.807, 2.05) is 0 Å². The Morgan fingerprint density at radius 1 is 1.44 bits per heavy atom. The Hall–Kier alpha value is -1.49. The largest absolute Gasteiger partial charge is 0.475 e. The predicted molar refractivity (Wildman–Crippen MR) is 69.0 cm³/mol. The summed E-state index contributed by atoms with van der Waals surface area (Å²) in [6, 6.07) is 3.38. The van der Waals surface area contributed by atoms with E-state index < -0.39 is 5.97 Å². The summed E-state index contributed by atoms with van der Waals surface area (Å²) in [5.41, 5.74) is 0. The molecule has 1 aromatic heterocycles. The third kappa shape index (κ3) is 3.50. The van der Waals surface area contributed by atoms with Crippen LogP contribution in [0.4, 0.5) is 5.88 Å². The van der Waals surface area contributed by atoms with Crippen molar-refractivity contribution in [1.29, 1.82) is 0 Å². The van der Waals surface area contributed by atoms with Crippen molar-refractivity contribution in [2.45, 2.75) is 32.2 Å². The Kier molecular flexibility index (Phi) is 4.25. The topological polar surface area (TPSA) is 65.7 Å². The fourth-order valence-corrected chi connectivity index (χ4v) is 2.35. The molecule has 0 spiro atoms. The van der Waals surface area contributed by atoms with E-state index in [0.717, 1.165) is 19.6 Å². The van der Waals surface area contributed by atoms with Crippen LogP contribution in [0.1, 0.15) is 36.7 Å². The number of rotatable bonds is 5. The first-order valence-electron chi connectivity index (χ1n) is 6.47. The SMILES string of the molecule is CC(CN1CCCCC1)Nc1ccc(C(=O)O)o1. The van der Waals surface area contributed by atoms with Crippen molar-refractivity contribution in [2.24, 2.45) is 0 Å². The molecule has 1 atom stereocenters. The Morgan fingerprint density at radius 3 is 2.78 bits per heavy atom. The molecule has 0 aromatic carbocycles. The summed E-state index contributed by atoms with van der Waals surface area (Å²) in [5.74, 6) is -0.536. The molecule has 0 bridgehead atoms. The lowest BCUT2D eigenvalue weighted by Crippen LogP contribution is -2.38. The molecule has 1 aromatic rings. The molecule has 5 heteroatoms. The van der Waals surface area contributed by atoms with Crippen LogP contribution in [0.25, 0.3) is 0 Å². The standard InChI is InChI=1S/C13H20N2O3/c1-10(9-15-7-3-2-4-8-15)14-12-6-5-11(18-12)13(16)17/h5-6,10,14H,2-4,7-9H2,1H3,(H,16,17). The minimum Gasteiger partial charge on any atom is -0.475 e. The van der Waals surface area contributed by atoms with Gasteiger partial charge in [0, 0.05) is 18.7 Å². The smallest absolute Gasteiger partial charge is 0.371 e. The van der Waals surface area contributed by atoms with E-state index in [0.29, 0.717) is 5.88 Å². The van der Waals surface area contributed by atoms with E-state index in [4.69, 9.17) is 9.52 Å². The van der Waals surface area contributed by atoms with Crippen LogP contribution < -0.4 is 5.32 Å². The second-order valence-electron chi connectivity index (χ2n) is 4.88. The van der Waals surface area contributed by atoms with Gasteiger partial charge in [-0.1, -0.05) is 6.42 Å². The third-order valence-corrected chi connectivity index (χ3v) is 3.19. The van der Waals surface area contributed by atoms with Crippen molar-refractivity contribution < 1.29 is 14.3 Å². The second kappa shape index (κ2) is 5.91. The highest BCUT2D eigenvalue weighted by Gasteiger charge is 2.15. The molecule has 2 rings (SSSR count). The van der Waals surface area contributed by atoms with Crippen molar-refractivity contribution in [1.82, 2.24) is 4.90 Å². The van der Waals surface area contributed by atoms with Crippen LogP contribution in [0.3, 0.4) is 0 Å². The minimum atomic E-state index is -1.04. The maximum Gasteiger partial charge on any atom is 0.371 e. The van der Waals surface area contributed by atoms with Gasteiger partial charge >= 0.3 is 5.97 Å². The molecule has 18 heavy (non-hydrogen) atoms. The van der Waals surface area contributed by atoms with Crippen LogP contribution >= 0.6 is 0 Å². The number of piperidine rings is 1. The lowest BCUT2D eigenvalue weighted by atomic mass is 10.1. The van der Waals surface area contributed by atoms with Gasteiger partial charge in [-0.25, -0.2) is 4.79 Å². The van der Waals surface area contributed by atoms with Crippen LogP contribution in [-0.4, -0.2) is 41.7 Å². The molecule has 1 saturated heterocycles. The third-order valence-electron chi connectivity index (χ3n) is 3.19. The maximum atomic E-state index is 10.7. The van der Waals surface area contributed by atoms with Gasteiger partial charge < -0.3 is 19.7 Å². The molecule has 1 aliphatic heterocycles. The number of carboxylic acids is 1. The van der Waals surface area contributed by atoms with Crippen LogP contribution in [0.2, 0.25) is 0 Å². The van der Waals surface area contributed by atoms with Crippen LogP contribution in [0, 0.1) is 0 Å². The summed E-state index contributed by atoms with van der Waals surface area (Å²) in [5, 5.41) is 12.0. The lowest BCUT2D eigenvalue weighted by molar-refractivity contribution is 0.0663. The minimum absolute atomic E-state index is 0.0253. The fraction of sp³-hybridized carbons (Fsp3) is 0.615. The summed E-state index contributed by atoms with van der Waals surface area (Å²) in [7, 11) is 0. The molecule has 0 amide bonds. The summed E-state index contributed by atoms with van der Waals surface area (Å²) < 4.78 is 5.18. The van der Waals surface area contributed by atoms with E-state index in [1.165, 1.54) is 25.3 Å². The number of anilines is 1. The van der Waals surface area contributed by atoms with Crippen molar-refractivity contribution in [3.05, 3.63) is 17.9 Å². The molecule has 1 unspecified atom stereocenters. The van der Waals surface area contributed by atoms with Gasteiger partial charge in [-0.3, -0.25) is 0 Å². The summed E-state index contributed by atoms with van der Waals surface area (Å²) in [6.07, 6.45) is 3.88. The van der Waals surface area contributed by atoms with E-state index in [1.54, 1.807) is 6.07 Å². The number of nitrogens with zero attached hydrogens (tertiary/aromatic N) is 1. The van der Waals surface area contributed by atoms with Crippen molar-refractivity contribution in [3.8, 4) is 0 Å². The molecular weight excluding hydrogens is 232 g/mol. The Morgan fingerprint density at radius 2 is 2.17 bits per heavy atom. The number of carbonyl (C=O) groups is 1. The number of likely N-dealkylation sites (tertiary alicyclic amines) is 1.